The van der Waals surface area contributed by atoms with Crippen LogP contribution in [-0.2, 0) is 16.1 Å². The van der Waals surface area contributed by atoms with Crippen LogP contribution in [0.2, 0.25) is 0 Å². The molecule has 0 saturated heterocycles. The largest absolute Gasteiger partial charge is 0.465 e. The molecule has 2 heterocycles. The summed E-state index contributed by atoms with van der Waals surface area (Å²) >= 11 is 0. The van der Waals surface area contributed by atoms with Gasteiger partial charge in [-0.05, 0) is 32.4 Å². The van der Waals surface area contributed by atoms with Crippen LogP contribution in [0.25, 0.3) is 16.6 Å². The van der Waals surface area contributed by atoms with Crippen molar-refractivity contribution in [2.75, 3.05) is 6.61 Å². The van der Waals surface area contributed by atoms with Crippen molar-refractivity contribution in [2.24, 2.45) is 0 Å². The maximum atomic E-state index is 12.8. The number of ether oxygens (including phenoxy) is 1. The summed E-state index contributed by atoms with van der Waals surface area (Å²) in [7, 11) is 0. The van der Waals surface area contributed by atoms with Crippen molar-refractivity contribution in [1.29, 1.82) is 0 Å². The highest BCUT2D eigenvalue weighted by molar-refractivity contribution is 5.81. The lowest BCUT2D eigenvalue weighted by Gasteiger charge is -2.09. The molecule has 24 heavy (non-hydrogen) atoms. The van der Waals surface area contributed by atoms with E-state index in [2.05, 4.69) is 10.2 Å². The van der Waals surface area contributed by atoms with Crippen molar-refractivity contribution < 1.29 is 9.53 Å². The summed E-state index contributed by atoms with van der Waals surface area (Å²) in [6.45, 7) is 5.50. The predicted molar refractivity (Wildman–Crippen MR) is 89.2 cm³/mol. The SMILES string of the molecule is CCOC(=O)Cn1nc(C)c2cnn(-c3ccccc3C)c2c1=O. The third kappa shape index (κ3) is 2.68. The van der Waals surface area contributed by atoms with Gasteiger partial charge in [-0.15, -0.1) is 0 Å². The van der Waals surface area contributed by atoms with Crippen molar-refractivity contribution in [3.63, 3.8) is 0 Å². The topological polar surface area (TPSA) is 79.0 Å². The van der Waals surface area contributed by atoms with Gasteiger partial charge in [0.15, 0.2) is 0 Å². The monoisotopic (exact) mass is 326 g/mol. The average molecular weight is 326 g/mol. The molecule has 3 rings (SSSR count). The van der Waals surface area contributed by atoms with E-state index in [0.29, 0.717) is 16.6 Å². The van der Waals surface area contributed by atoms with Crippen LogP contribution in [0.5, 0.6) is 0 Å². The van der Waals surface area contributed by atoms with Gasteiger partial charge in [-0.1, -0.05) is 18.2 Å². The minimum absolute atomic E-state index is 0.220. The Kier molecular flexibility index (Phi) is 4.16. The summed E-state index contributed by atoms with van der Waals surface area (Å²) in [6, 6.07) is 7.66. The molecule has 0 spiro atoms. The zero-order valence-corrected chi connectivity index (χ0v) is 13.8. The van der Waals surface area contributed by atoms with Crippen LogP contribution < -0.4 is 5.56 Å². The Morgan fingerprint density at radius 3 is 2.71 bits per heavy atom. The molecule has 7 heteroatoms. The third-order valence-corrected chi connectivity index (χ3v) is 3.79. The zero-order valence-electron chi connectivity index (χ0n) is 13.8. The van der Waals surface area contributed by atoms with E-state index in [0.717, 1.165) is 15.9 Å². The first-order valence-electron chi connectivity index (χ1n) is 7.70. The number of rotatable bonds is 4. The minimum Gasteiger partial charge on any atom is -0.465 e. The number of carbonyl (C=O) groups is 1. The average Bonchev–Trinajstić information content (AvgIpc) is 2.98. The fraction of sp³-hybridized carbons (Fsp3) is 0.294. The summed E-state index contributed by atoms with van der Waals surface area (Å²) in [5.41, 5.74) is 2.48. The van der Waals surface area contributed by atoms with Crippen molar-refractivity contribution in [2.45, 2.75) is 27.3 Å². The molecule has 0 N–H and O–H groups in total. The maximum absolute atomic E-state index is 12.8. The fourth-order valence-corrected chi connectivity index (χ4v) is 2.64. The number of aryl methyl sites for hydroxylation is 2. The number of hydrogen-bond donors (Lipinski definition) is 0. The standard InChI is InChI=1S/C17H18N4O3/c1-4-24-15(22)10-20-17(23)16-13(12(3)19-20)9-18-21(16)14-8-6-5-7-11(14)2/h5-9H,4,10H2,1-3H3. The number of esters is 1. The summed E-state index contributed by atoms with van der Waals surface area (Å²) in [4.78, 5) is 24.5. The second kappa shape index (κ2) is 6.27. The van der Waals surface area contributed by atoms with E-state index >= 15 is 0 Å². The van der Waals surface area contributed by atoms with E-state index in [9.17, 15) is 9.59 Å². The van der Waals surface area contributed by atoms with E-state index < -0.39 is 5.97 Å². The summed E-state index contributed by atoms with van der Waals surface area (Å²) in [5, 5.41) is 9.22. The van der Waals surface area contributed by atoms with Crippen molar-refractivity contribution in [3.8, 4) is 5.69 Å². The molecule has 1 aromatic carbocycles. The van der Waals surface area contributed by atoms with Gasteiger partial charge in [-0.2, -0.15) is 10.2 Å². The Bertz CT molecular complexity index is 972. The van der Waals surface area contributed by atoms with Crippen LogP contribution in [0.3, 0.4) is 0 Å². The highest BCUT2D eigenvalue weighted by Gasteiger charge is 2.17. The molecule has 0 aliphatic heterocycles. The zero-order chi connectivity index (χ0) is 17.3. The summed E-state index contributed by atoms with van der Waals surface area (Å²) in [6.07, 6.45) is 1.63. The van der Waals surface area contributed by atoms with Gasteiger partial charge < -0.3 is 4.74 Å². The normalized spacial score (nSPS) is 11.0. The Labute approximate surface area is 138 Å². The highest BCUT2D eigenvalue weighted by Crippen LogP contribution is 2.19. The molecule has 0 aliphatic rings. The van der Waals surface area contributed by atoms with Crippen molar-refractivity contribution >= 4 is 16.9 Å². The van der Waals surface area contributed by atoms with Gasteiger partial charge in [0, 0.05) is 5.39 Å². The molecule has 0 bridgehead atoms. The molecule has 124 valence electrons. The number of nitrogens with zero attached hydrogens (tertiary/aromatic N) is 4. The van der Waals surface area contributed by atoms with Gasteiger partial charge in [0.2, 0.25) is 0 Å². The van der Waals surface area contributed by atoms with Crippen molar-refractivity contribution in [3.05, 3.63) is 52.1 Å². The number of hydrogen-bond acceptors (Lipinski definition) is 5. The van der Waals surface area contributed by atoms with Gasteiger partial charge >= 0.3 is 5.97 Å². The molecular formula is C17H18N4O3. The second-order valence-corrected chi connectivity index (χ2v) is 5.46. The van der Waals surface area contributed by atoms with Gasteiger partial charge in [0.05, 0.1) is 24.2 Å². The van der Waals surface area contributed by atoms with Crippen LogP contribution >= 0.6 is 0 Å². The van der Waals surface area contributed by atoms with Gasteiger partial charge in [0.25, 0.3) is 5.56 Å². The Balaban J connectivity index is 2.21. The lowest BCUT2D eigenvalue weighted by molar-refractivity contribution is -0.144. The summed E-state index contributed by atoms with van der Waals surface area (Å²) < 4.78 is 7.64. The minimum atomic E-state index is -0.493. The maximum Gasteiger partial charge on any atom is 0.327 e. The van der Waals surface area contributed by atoms with E-state index in [-0.39, 0.29) is 18.7 Å². The molecule has 0 amide bonds. The van der Waals surface area contributed by atoms with Crippen molar-refractivity contribution in [1.82, 2.24) is 19.6 Å². The Morgan fingerprint density at radius 2 is 2.00 bits per heavy atom. The molecule has 0 aliphatic carbocycles. The first kappa shape index (κ1) is 15.9. The molecule has 0 saturated carbocycles. The van der Waals surface area contributed by atoms with Crippen LogP contribution in [0.4, 0.5) is 0 Å². The first-order valence-corrected chi connectivity index (χ1v) is 7.70. The van der Waals surface area contributed by atoms with Crippen LogP contribution in [-0.4, -0.2) is 32.1 Å². The van der Waals surface area contributed by atoms with Gasteiger partial charge in [-0.25, -0.2) is 9.36 Å². The number of benzene rings is 1. The Morgan fingerprint density at radius 1 is 1.25 bits per heavy atom. The second-order valence-electron chi connectivity index (χ2n) is 5.46. The molecular weight excluding hydrogens is 308 g/mol. The number of carbonyl (C=O) groups excluding carboxylic acids is 1. The molecule has 0 atom stereocenters. The molecule has 0 unspecified atom stereocenters. The van der Waals surface area contributed by atoms with E-state index in [4.69, 9.17) is 4.74 Å². The Hall–Kier alpha value is -2.96. The predicted octanol–water partition coefficient (Wildman–Crippen LogP) is 1.76. The highest BCUT2D eigenvalue weighted by atomic mass is 16.5. The fourth-order valence-electron chi connectivity index (χ4n) is 2.64. The number of para-hydroxylation sites is 1. The third-order valence-electron chi connectivity index (χ3n) is 3.79. The van der Waals surface area contributed by atoms with E-state index in [1.165, 1.54) is 0 Å². The molecule has 2 aromatic heterocycles. The molecule has 7 nitrogen and oxygen atoms in total. The first-order chi connectivity index (χ1) is 11.5. The lowest BCUT2D eigenvalue weighted by Crippen LogP contribution is -2.29. The van der Waals surface area contributed by atoms with Crippen LogP contribution in [0.15, 0.2) is 35.3 Å². The molecule has 0 radical (unpaired) electrons. The summed E-state index contributed by atoms with van der Waals surface area (Å²) in [5.74, 6) is -0.493. The molecule has 0 fully saturated rings. The number of aromatic nitrogens is 4. The lowest BCUT2D eigenvalue weighted by atomic mass is 10.2. The van der Waals surface area contributed by atoms with Gasteiger partial charge in [-0.3, -0.25) is 9.59 Å². The van der Waals surface area contributed by atoms with E-state index in [1.54, 1.807) is 24.7 Å². The van der Waals surface area contributed by atoms with E-state index in [1.807, 2.05) is 31.2 Å². The smallest absolute Gasteiger partial charge is 0.327 e. The molecule has 3 aromatic rings. The number of fused-ring (bicyclic) bond motifs is 1. The quantitative estimate of drug-likeness (QED) is 0.683. The van der Waals surface area contributed by atoms with Crippen LogP contribution in [0, 0.1) is 13.8 Å². The van der Waals surface area contributed by atoms with Gasteiger partial charge in [0.1, 0.15) is 12.1 Å². The van der Waals surface area contributed by atoms with Crippen LogP contribution in [0.1, 0.15) is 18.2 Å².